The summed E-state index contributed by atoms with van der Waals surface area (Å²) in [6.45, 7) is 6.79. The van der Waals surface area contributed by atoms with Gasteiger partial charge < -0.3 is 29.2 Å². The Morgan fingerprint density at radius 1 is 1.05 bits per heavy atom. The zero-order chi connectivity index (χ0) is 31.5. The summed E-state index contributed by atoms with van der Waals surface area (Å²) in [5.74, 6) is -1.88. The largest absolute Gasteiger partial charge is 0.460 e. The number of carbonyl (C=O) groups is 2. The van der Waals surface area contributed by atoms with E-state index in [1.807, 2.05) is 37.3 Å². The van der Waals surface area contributed by atoms with Gasteiger partial charge in [0.1, 0.15) is 36.2 Å². The van der Waals surface area contributed by atoms with Crippen molar-refractivity contribution in [2.45, 2.75) is 70.7 Å². The van der Waals surface area contributed by atoms with E-state index in [4.69, 9.17) is 33.7 Å². The lowest BCUT2D eigenvalue weighted by Gasteiger charge is -2.26. The summed E-state index contributed by atoms with van der Waals surface area (Å²) in [5, 5.41) is 2.71. The van der Waals surface area contributed by atoms with Gasteiger partial charge in [-0.05, 0) is 51.5 Å². The molecule has 0 spiro atoms. The van der Waals surface area contributed by atoms with Crippen molar-refractivity contribution in [3.8, 4) is 5.75 Å². The smallest absolute Gasteiger partial charge is 0.459 e. The second-order valence-corrected chi connectivity index (χ2v) is 12.9. The lowest BCUT2D eigenvalue weighted by molar-refractivity contribution is -0.766. The van der Waals surface area contributed by atoms with Crippen LogP contribution >= 0.6 is 7.75 Å². The molecule has 12 nitrogen and oxygen atoms in total. The van der Waals surface area contributed by atoms with Gasteiger partial charge in [0.25, 0.3) is 12.1 Å². The number of primary amides is 1. The molecule has 1 aromatic heterocycles. The summed E-state index contributed by atoms with van der Waals surface area (Å²) in [5.41, 5.74) is 7.56. The first kappa shape index (κ1) is 31.8. The van der Waals surface area contributed by atoms with Crippen LogP contribution in [0.4, 0.5) is 0 Å². The van der Waals surface area contributed by atoms with Crippen LogP contribution < -0.4 is 19.9 Å². The zero-order valence-corrected chi connectivity index (χ0v) is 25.8. The number of hydrogen-bond acceptors (Lipinski definition) is 9. The molecule has 3 N–H and O–H groups in total. The van der Waals surface area contributed by atoms with E-state index in [-0.39, 0.29) is 19.0 Å². The maximum Gasteiger partial charge on any atom is 0.459 e. The van der Waals surface area contributed by atoms with Gasteiger partial charge in [0.15, 0.2) is 24.3 Å². The summed E-state index contributed by atoms with van der Waals surface area (Å²) in [4.78, 5) is 24.6. The number of benzene rings is 2. The van der Waals surface area contributed by atoms with E-state index in [0.29, 0.717) is 5.56 Å². The normalized spacial score (nSPS) is 24.2. The van der Waals surface area contributed by atoms with Crippen LogP contribution in [0.25, 0.3) is 0 Å². The number of aryl methyl sites for hydroxylation is 1. The summed E-state index contributed by atoms with van der Waals surface area (Å²) in [7, 11) is -4.19. The molecule has 2 fully saturated rings. The molecule has 2 aliphatic rings. The zero-order valence-electron chi connectivity index (χ0n) is 25.0. The predicted molar refractivity (Wildman–Crippen MR) is 157 cm³/mol. The van der Waals surface area contributed by atoms with E-state index >= 15 is 0 Å². The molecule has 3 aromatic rings. The molecule has 3 unspecified atom stereocenters. The number of carbonyl (C=O) groups excluding carboxylic acids is 2. The Bertz CT molecular complexity index is 1520. The number of fused-ring (bicyclic) bond motifs is 1. The van der Waals surface area contributed by atoms with Gasteiger partial charge in [-0.15, -0.1) is 0 Å². The van der Waals surface area contributed by atoms with Crippen LogP contribution in [0.1, 0.15) is 48.5 Å². The van der Waals surface area contributed by atoms with Gasteiger partial charge in [-0.2, -0.15) is 9.65 Å². The van der Waals surface area contributed by atoms with Crippen molar-refractivity contribution >= 4 is 19.6 Å². The molecule has 2 aliphatic heterocycles. The van der Waals surface area contributed by atoms with Crippen LogP contribution in [0, 0.1) is 6.92 Å². The number of nitrogens with two attached hydrogens (primary N) is 1. The number of hydrogen-bond donors (Lipinski definition) is 2. The summed E-state index contributed by atoms with van der Waals surface area (Å²) >= 11 is 0. The van der Waals surface area contributed by atoms with E-state index in [0.717, 1.165) is 11.1 Å². The summed E-state index contributed by atoms with van der Waals surface area (Å²) < 4.78 is 51.6. The summed E-state index contributed by atoms with van der Waals surface area (Å²) in [6, 6.07) is 18.4. The molecular formula is C31H37N3O9P+. The second kappa shape index (κ2) is 13.2. The third-order valence-electron chi connectivity index (χ3n) is 7.11. The van der Waals surface area contributed by atoms with Crippen molar-refractivity contribution in [2.75, 3.05) is 6.61 Å². The summed E-state index contributed by atoms with van der Waals surface area (Å²) in [6.07, 6.45) is 0.643. The Kier molecular flexibility index (Phi) is 9.50. The van der Waals surface area contributed by atoms with Gasteiger partial charge in [-0.25, -0.2) is 4.57 Å². The first-order valence-corrected chi connectivity index (χ1v) is 15.8. The Balaban J connectivity index is 1.32. The predicted octanol–water partition coefficient (Wildman–Crippen LogP) is 3.72. The SMILES string of the molecule is Cc1ccc(OP(=O)(NC(C)C(=O)OCc2ccccc2)OCC2O[C@@H]([n+]3cccc(C(N)=O)c3)[C@@H]3OC(C)(C)O[C@H]23)cc1. The van der Waals surface area contributed by atoms with E-state index in [9.17, 15) is 14.2 Å². The highest BCUT2D eigenvalue weighted by molar-refractivity contribution is 7.52. The van der Waals surface area contributed by atoms with E-state index in [2.05, 4.69) is 5.09 Å². The molecular weight excluding hydrogens is 589 g/mol. The molecule has 0 bridgehead atoms. The Morgan fingerprint density at radius 3 is 2.45 bits per heavy atom. The molecule has 2 saturated heterocycles. The van der Waals surface area contributed by atoms with Crippen LogP contribution in [0.2, 0.25) is 0 Å². The van der Waals surface area contributed by atoms with Crippen molar-refractivity contribution in [3.05, 3.63) is 95.8 Å². The van der Waals surface area contributed by atoms with Crippen molar-refractivity contribution in [1.82, 2.24) is 5.09 Å². The molecule has 234 valence electrons. The van der Waals surface area contributed by atoms with Crippen LogP contribution in [0.3, 0.4) is 0 Å². The van der Waals surface area contributed by atoms with Crippen molar-refractivity contribution in [3.63, 3.8) is 0 Å². The molecule has 2 aromatic carbocycles. The molecule has 0 radical (unpaired) electrons. The molecule has 3 heterocycles. The molecule has 0 aliphatic carbocycles. The molecule has 5 rings (SSSR count). The van der Waals surface area contributed by atoms with Crippen molar-refractivity contribution in [2.24, 2.45) is 5.73 Å². The maximum atomic E-state index is 14.2. The first-order chi connectivity index (χ1) is 20.9. The minimum absolute atomic E-state index is 0.0534. The average Bonchev–Trinajstić information content (AvgIpc) is 3.49. The van der Waals surface area contributed by atoms with Crippen molar-refractivity contribution < 1.29 is 46.7 Å². The fourth-order valence-corrected chi connectivity index (χ4v) is 6.48. The van der Waals surface area contributed by atoms with Gasteiger partial charge in [-0.3, -0.25) is 14.1 Å². The van der Waals surface area contributed by atoms with Crippen LogP contribution in [0.15, 0.2) is 79.1 Å². The van der Waals surface area contributed by atoms with Crippen molar-refractivity contribution in [1.29, 1.82) is 0 Å². The van der Waals surface area contributed by atoms with Gasteiger partial charge in [0.05, 0.1) is 6.61 Å². The van der Waals surface area contributed by atoms with E-state index in [1.54, 1.807) is 67.2 Å². The fourth-order valence-electron chi connectivity index (χ4n) is 4.97. The second-order valence-electron chi connectivity index (χ2n) is 11.2. The van der Waals surface area contributed by atoms with Crippen LogP contribution in [0.5, 0.6) is 5.75 Å². The van der Waals surface area contributed by atoms with E-state index < -0.39 is 56.0 Å². The number of esters is 1. The Morgan fingerprint density at radius 2 is 1.75 bits per heavy atom. The minimum Gasteiger partial charge on any atom is -0.460 e. The van der Waals surface area contributed by atoms with E-state index in [1.165, 1.54) is 6.92 Å². The quantitative estimate of drug-likeness (QED) is 0.173. The van der Waals surface area contributed by atoms with Gasteiger partial charge in [-0.1, -0.05) is 48.0 Å². The fraction of sp³-hybridized carbons (Fsp3) is 0.387. The Hall–Kier alpha value is -3.64. The molecule has 0 saturated carbocycles. The third-order valence-corrected chi connectivity index (χ3v) is 8.75. The number of nitrogens with one attached hydrogen (secondary N) is 1. The lowest BCUT2D eigenvalue weighted by atomic mass is 10.1. The molecule has 13 heteroatoms. The molecule has 6 atom stereocenters. The van der Waals surface area contributed by atoms with Gasteiger partial charge in [0, 0.05) is 6.07 Å². The number of rotatable bonds is 12. The topological polar surface area (TPSA) is 149 Å². The van der Waals surface area contributed by atoms with Crippen LogP contribution in [-0.4, -0.2) is 48.6 Å². The average molecular weight is 627 g/mol. The highest BCUT2D eigenvalue weighted by Crippen LogP contribution is 2.47. The minimum atomic E-state index is -4.19. The third kappa shape index (κ3) is 7.71. The molecule has 44 heavy (non-hydrogen) atoms. The van der Waals surface area contributed by atoms with Crippen LogP contribution in [-0.2, 0) is 39.4 Å². The van der Waals surface area contributed by atoms with Gasteiger partial charge >= 0.3 is 13.7 Å². The number of pyridine rings is 1. The molecule has 1 amide bonds. The monoisotopic (exact) mass is 626 g/mol. The van der Waals surface area contributed by atoms with Gasteiger partial charge in [0.2, 0.25) is 0 Å². The standard InChI is InChI=1S/C31H36N3O9P/c1-20-12-14-24(15-13-20)43-44(37,33-21(2)30(36)38-18-22-9-6-5-7-10-22)39-19-25-26-27(42-31(3,4)41-26)29(40-25)34-16-8-11-23(17-34)28(32)35/h5-17,21,25-27,29H,18-19H2,1-4H3,(H2-,32,33,35,37)/p+1/t21?,25?,26-,27-,29-,44?/m1/s1. The number of nitrogens with zero attached hydrogens (tertiary/aromatic N) is 1. The number of aromatic nitrogens is 1. The maximum absolute atomic E-state index is 14.2. The Labute approximate surface area is 255 Å². The first-order valence-electron chi connectivity index (χ1n) is 14.2. The highest BCUT2D eigenvalue weighted by Gasteiger charge is 2.59. The number of amides is 1. The lowest BCUT2D eigenvalue weighted by Crippen LogP contribution is -2.46. The highest BCUT2D eigenvalue weighted by atomic mass is 31.2. The number of ether oxygens (including phenoxy) is 4.